The molecule has 0 radical (unpaired) electrons. The molecular formula is C21H18Cl2N2O3S. The van der Waals surface area contributed by atoms with E-state index < -0.39 is 22.5 Å². The van der Waals surface area contributed by atoms with Crippen LogP contribution in [0.5, 0.6) is 0 Å². The van der Waals surface area contributed by atoms with Crippen LogP contribution < -0.4 is 9.62 Å². The Balaban J connectivity index is 1.93. The predicted molar refractivity (Wildman–Crippen MR) is 117 cm³/mol. The van der Waals surface area contributed by atoms with Crippen LogP contribution >= 0.6 is 23.2 Å². The van der Waals surface area contributed by atoms with Crippen molar-refractivity contribution < 1.29 is 13.2 Å². The first-order valence-corrected chi connectivity index (χ1v) is 10.9. The molecule has 0 heterocycles. The summed E-state index contributed by atoms with van der Waals surface area (Å²) in [5, 5.41) is 3.10. The van der Waals surface area contributed by atoms with Gasteiger partial charge >= 0.3 is 0 Å². The quantitative estimate of drug-likeness (QED) is 0.567. The van der Waals surface area contributed by atoms with Crippen LogP contribution in [0.3, 0.4) is 0 Å². The molecule has 29 heavy (non-hydrogen) atoms. The lowest BCUT2D eigenvalue weighted by molar-refractivity contribution is -0.114. The van der Waals surface area contributed by atoms with Gasteiger partial charge in [-0.25, -0.2) is 8.42 Å². The summed E-state index contributed by atoms with van der Waals surface area (Å²) < 4.78 is 27.6. The van der Waals surface area contributed by atoms with Crippen molar-refractivity contribution in [3.05, 3.63) is 88.4 Å². The molecular weight excluding hydrogens is 431 g/mol. The molecule has 0 aliphatic carbocycles. The van der Waals surface area contributed by atoms with Crippen LogP contribution in [0.2, 0.25) is 10.0 Å². The Morgan fingerprint density at radius 3 is 2.24 bits per heavy atom. The zero-order chi connectivity index (χ0) is 21.0. The van der Waals surface area contributed by atoms with Crippen molar-refractivity contribution in [2.75, 3.05) is 16.2 Å². The maximum absolute atomic E-state index is 13.3. The molecule has 0 fully saturated rings. The normalized spacial score (nSPS) is 11.1. The Kier molecular flexibility index (Phi) is 6.47. The number of nitrogens with one attached hydrogen (secondary N) is 1. The third-order valence-electron chi connectivity index (χ3n) is 4.17. The molecule has 0 aromatic heterocycles. The number of halogens is 2. The molecule has 3 aromatic rings. The van der Waals surface area contributed by atoms with Crippen molar-refractivity contribution in [2.24, 2.45) is 0 Å². The van der Waals surface area contributed by atoms with Gasteiger partial charge in [-0.3, -0.25) is 9.10 Å². The Morgan fingerprint density at radius 2 is 1.59 bits per heavy atom. The lowest BCUT2D eigenvalue weighted by Gasteiger charge is -2.24. The highest BCUT2D eigenvalue weighted by molar-refractivity contribution is 7.92. The summed E-state index contributed by atoms with van der Waals surface area (Å²) in [6.07, 6.45) is 0. The Morgan fingerprint density at radius 1 is 0.931 bits per heavy atom. The molecule has 0 aliphatic heterocycles. The van der Waals surface area contributed by atoms with Crippen molar-refractivity contribution in [2.45, 2.75) is 11.8 Å². The number of carbonyl (C=O) groups is 1. The van der Waals surface area contributed by atoms with Crippen molar-refractivity contribution in [3.63, 3.8) is 0 Å². The summed E-state index contributed by atoms with van der Waals surface area (Å²) in [6.45, 7) is 1.44. The molecule has 0 spiro atoms. The number of carbonyl (C=O) groups excluding carboxylic acids is 1. The summed E-state index contributed by atoms with van der Waals surface area (Å²) in [7, 11) is -3.96. The molecule has 1 amide bonds. The van der Waals surface area contributed by atoms with Gasteiger partial charge in [-0.1, -0.05) is 65.2 Å². The third kappa shape index (κ3) is 4.90. The molecule has 0 saturated heterocycles. The van der Waals surface area contributed by atoms with E-state index in [1.807, 2.05) is 6.92 Å². The molecule has 1 N–H and O–H groups in total. The third-order valence-corrected chi connectivity index (χ3v) is 6.77. The highest BCUT2D eigenvalue weighted by Crippen LogP contribution is 2.30. The first kappa shape index (κ1) is 21.2. The van der Waals surface area contributed by atoms with Gasteiger partial charge in [0.15, 0.2) is 0 Å². The largest absolute Gasteiger partial charge is 0.323 e. The second-order valence-electron chi connectivity index (χ2n) is 6.31. The number of nitrogens with zero attached hydrogens (tertiary/aromatic N) is 1. The first-order valence-electron chi connectivity index (χ1n) is 8.67. The number of para-hydroxylation sites is 1. The fourth-order valence-corrected chi connectivity index (χ4v) is 4.44. The van der Waals surface area contributed by atoms with Crippen molar-refractivity contribution in [1.29, 1.82) is 0 Å². The number of sulfonamides is 1. The van der Waals surface area contributed by atoms with E-state index in [1.165, 1.54) is 12.1 Å². The van der Waals surface area contributed by atoms with Gasteiger partial charge in [0.25, 0.3) is 10.0 Å². The van der Waals surface area contributed by atoms with Gasteiger partial charge in [0.2, 0.25) is 5.91 Å². The van der Waals surface area contributed by atoms with Gasteiger partial charge in [-0.2, -0.15) is 0 Å². The molecule has 0 unspecified atom stereocenters. The average Bonchev–Trinajstić information content (AvgIpc) is 2.70. The highest BCUT2D eigenvalue weighted by Gasteiger charge is 2.27. The second-order valence-corrected chi connectivity index (χ2v) is 8.96. The molecule has 0 bridgehead atoms. The van der Waals surface area contributed by atoms with Gasteiger partial charge in [0, 0.05) is 0 Å². The SMILES string of the molecule is Cc1ccc(S(=O)(=O)N(CC(=O)Nc2cccc(Cl)c2Cl)c2ccccc2)cc1. The molecule has 8 heteroatoms. The average molecular weight is 449 g/mol. The highest BCUT2D eigenvalue weighted by atomic mass is 35.5. The van der Waals surface area contributed by atoms with Crippen molar-refractivity contribution in [3.8, 4) is 0 Å². The van der Waals surface area contributed by atoms with Gasteiger partial charge in [-0.15, -0.1) is 0 Å². The van der Waals surface area contributed by atoms with E-state index in [4.69, 9.17) is 23.2 Å². The number of rotatable bonds is 6. The van der Waals surface area contributed by atoms with Gasteiger partial charge in [0.1, 0.15) is 6.54 Å². The maximum atomic E-state index is 13.3. The summed E-state index contributed by atoms with van der Waals surface area (Å²) >= 11 is 12.1. The number of amides is 1. The Bertz CT molecular complexity index is 1120. The van der Waals surface area contributed by atoms with Crippen molar-refractivity contribution in [1.82, 2.24) is 0 Å². The monoisotopic (exact) mass is 448 g/mol. The summed E-state index contributed by atoms with van der Waals surface area (Å²) in [5.74, 6) is -0.547. The fraction of sp³-hybridized carbons (Fsp3) is 0.0952. The van der Waals surface area contributed by atoms with Crippen LogP contribution in [0.1, 0.15) is 5.56 Å². The summed E-state index contributed by atoms with van der Waals surface area (Å²) in [6, 6.07) is 19.7. The summed E-state index contributed by atoms with van der Waals surface area (Å²) in [5.41, 5.74) is 1.62. The Labute approximate surface area is 179 Å². The molecule has 5 nitrogen and oxygen atoms in total. The van der Waals surface area contributed by atoms with Gasteiger partial charge in [-0.05, 0) is 43.3 Å². The van der Waals surface area contributed by atoms with Gasteiger partial charge in [0.05, 0.1) is 26.3 Å². The van der Waals surface area contributed by atoms with E-state index in [1.54, 1.807) is 60.7 Å². The van der Waals surface area contributed by atoms with Crippen LogP contribution in [0, 0.1) is 6.92 Å². The van der Waals surface area contributed by atoms with E-state index >= 15 is 0 Å². The fourth-order valence-electron chi connectivity index (χ4n) is 2.67. The lowest BCUT2D eigenvalue weighted by Crippen LogP contribution is -2.38. The predicted octanol–water partition coefficient (Wildman–Crippen LogP) is 5.14. The molecule has 150 valence electrons. The maximum Gasteiger partial charge on any atom is 0.264 e. The van der Waals surface area contributed by atoms with Crippen LogP contribution in [0.25, 0.3) is 0 Å². The second kappa shape index (κ2) is 8.86. The van der Waals surface area contributed by atoms with E-state index in [2.05, 4.69) is 5.32 Å². The number of benzene rings is 3. The van der Waals surface area contributed by atoms with E-state index in [0.717, 1.165) is 9.87 Å². The van der Waals surface area contributed by atoms with Crippen LogP contribution in [-0.4, -0.2) is 20.9 Å². The number of aryl methyl sites for hydroxylation is 1. The number of hydrogen-bond donors (Lipinski definition) is 1. The van der Waals surface area contributed by atoms with Crippen LogP contribution in [-0.2, 0) is 14.8 Å². The van der Waals surface area contributed by atoms with Crippen LogP contribution in [0.4, 0.5) is 11.4 Å². The standard InChI is InChI=1S/C21H18Cl2N2O3S/c1-15-10-12-17(13-11-15)29(27,28)25(16-6-3-2-4-7-16)14-20(26)24-19-9-5-8-18(22)21(19)23/h2-13H,14H2,1H3,(H,24,26). The minimum Gasteiger partial charge on any atom is -0.323 e. The van der Waals surface area contributed by atoms with E-state index in [0.29, 0.717) is 11.4 Å². The van der Waals surface area contributed by atoms with E-state index in [9.17, 15) is 13.2 Å². The Hall–Kier alpha value is -2.54. The number of hydrogen-bond acceptors (Lipinski definition) is 3. The molecule has 3 rings (SSSR count). The molecule has 3 aromatic carbocycles. The lowest BCUT2D eigenvalue weighted by atomic mass is 10.2. The zero-order valence-electron chi connectivity index (χ0n) is 15.5. The zero-order valence-corrected chi connectivity index (χ0v) is 17.8. The molecule has 0 aliphatic rings. The minimum atomic E-state index is -3.96. The van der Waals surface area contributed by atoms with Crippen molar-refractivity contribution >= 4 is 50.5 Å². The summed E-state index contributed by atoms with van der Waals surface area (Å²) in [4.78, 5) is 12.8. The topological polar surface area (TPSA) is 66.5 Å². The minimum absolute atomic E-state index is 0.0977. The van der Waals surface area contributed by atoms with Gasteiger partial charge < -0.3 is 5.32 Å². The molecule has 0 saturated carbocycles. The van der Waals surface area contributed by atoms with E-state index in [-0.39, 0.29) is 14.9 Å². The first-order chi connectivity index (χ1) is 13.8. The molecule has 0 atom stereocenters. The smallest absolute Gasteiger partial charge is 0.264 e. The van der Waals surface area contributed by atoms with Crippen LogP contribution in [0.15, 0.2) is 77.7 Å². The number of anilines is 2.